The zero-order valence-corrected chi connectivity index (χ0v) is 10.8. The van der Waals surface area contributed by atoms with Gasteiger partial charge in [0.15, 0.2) is 0 Å². The molecule has 0 amide bonds. The highest BCUT2D eigenvalue weighted by Crippen LogP contribution is 2.24. The average molecular weight is 265 g/mol. The minimum atomic E-state index is -0.321. The van der Waals surface area contributed by atoms with Crippen LogP contribution in [0.5, 0.6) is 0 Å². The minimum absolute atomic E-state index is 0.313. The van der Waals surface area contributed by atoms with Gasteiger partial charge in [-0.2, -0.15) is 0 Å². The smallest absolute Gasteiger partial charge is 0.127 e. The van der Waals surface area contributed by atoms with Gasteiger partial charge in [-0.3, -0.25) is 4.98 Å². The molecule has 1 aromatic heterocycles. The van der Waals surface area contributed by atoms with E-state index in [1.165, 1.54) is 6.07 Å². The number of hydrogen-bond donors (Lipinski definition) is 1. The Balaban J connectivity index is 2.24. The molecule has 2 aromatic rings. The maximum atomic E-state index is 13.7. The average Bonchev–Trinajstić information content (AvgIpc) is 2.34. The monoisotopic (exact) mass is 264 g/mol. The second kappa shape index (κ2) is 5.46. The SMILES string of the molecule is Cc1cncc(C(N)Cc2c(F)cccc2Cl)c1. The van der Waals surface area contributed by atoms with Crippen LogP contribution in [0.4, 0.5) is 4.39 Å². The zero-order valence-electron chi connectivity index (χ0n) is 10.0. The van der Waals surface area contributed by atoms with E-state index in [0.717, 1.165) is 11.1 Å². The summed E-state index contributed by atoms with van der Waals surface area (Å²) in [6, 6.07) is 6.28. The molecular weight excluding hydrogens is 251 g/mol. The second-order valence-corrected chi connectivity index (χ2v) is 4.71. The molecule has 0 fully saturated rings. The summed E-state index contributed by atoms with van der Waals surface area (Å²) in [6.45, 7) is 1.94. The third-order valence-electron chi connectivity index (χ3n) is 2.81. The van der Waals surface area contributed by atoms with Crippen molar-refractivity contribution in [2.75, 3.05) is 0 Å². The number of aryl methyl sites for hydroxylation is 1. The van der Waals surface area contributed by atoms with Crippen molar-refractivity contribution < 1.29 is 4.39 Å². The normalized spacial score (nSPS) is 12.4. The van der Waals surface area contributed by atoms with Gasteiger partial charge in [-0.25, -0.2) is 4.39 Å². The van der Waals surface area contributed by atoms with E-state index in [1.54, 1.807) is 24.5 Å². The van der Waals surface area contributed by atoms with Crippen molar-refractivity contribution >= 4 is 11.6 Å². The lowest BCUT2D eigenvalue weighted by molar-refractivity contribution is 0.593. The van der Waals surface area contributed by atoms with Crippen molar-refractivity contribution in [3.63, 3.8) is 0 Å². The molecule has 0 aliphatic heterocycles. The van der Waals surface area contributed by atoms with Crippen molar-refractivity contribution in [3.05, 3.63) is 64.2 Å². The number of pyridine rings is 1. The van der Waals surface area contributed by atoms with Crippen LogP contribution in [0.25, 0.3) is 0 Å². The van der Waals surface area contributed by atoms with Crippen LogP contribution >= 0.6 is 11.6 Å². The largest absolute Gasteiger partial charge is 0.324 e. The molecule has 18 heavy (non-hydrogen) atoms. The Labute approximate surface area is 111 Å². The fourth-order valence-corrected chi connectivity index (χ4v) is 2.09. The van der Waals surface area contributed by atoms with Crippen molar-refractivity contribution in [1.82, 2.24) is 4.98 Å². The standard InChI is InChI=1S/C14H14ClFN2/c1-9-5-10(8-18-7-9)14(17)6-11-12(15)3-2-4-13(11)16/h2-5,7-8,14H,6,17H2,1H3. The predicted molar refractivity (Wildman–Crippen MR) is 71.0 cm³/mol. The van der Waals surface area contributed by atoms with E-state index >= 15 is 0 Å². The number of nitrogens with two attached hydrogens (primary N) is 1. The van der Waals surface area contributed by atoms with Crippen LogP contribution in [0.3, 0.4) is 0 Å². The quantitative estimate of drug-likeness (QED) is 0.923. The molecule has 4 heteroatoms. The van der Waals surface area contributed by atoms with Gasteiger partial charge in [0.1, 0.15) is 5.82 Å². The third-order valence-corrected chi connectivity index (χ3v) is 3.16. The van der Waals surface area contributed by atoms with Gasteiger partial charge in [-0.15, -0.1) is 0 Å². The molecule has 1 aromatic carbocycles. The molecule has 1 heterocycles. The van der Waals surface area contributed by atoms with E-state index in [0.29, 0.717) is 17.0 Å². The van der Waals surface area contributed by atoms with Crippen molar-refractivity contribution in [2.24, 2.45) is 5.73 Å². The second-order valence-electron chi connectivity index (χ2n) is 4.31. The molecule has 1 unspecified atom stereocenters. The highest BCUT2D eigenvalue weighted by molar-refractivity contribution is 6.31. The van der Waals surface area contributed by atoms with E-state index in [9.17, 15) is 4.39 Å². The van der Waals surface area contributed by atoms with Crippen LogP contribution in [-0.2, 0) is 6.42 Å². The van der Waals surface area contributed by atoms with Crippen molar-refractivity contribution in [3.8, 4) is 0 Å². The lowest BCUT2D eigenvalue weighted by Gasteiger charge is -2.14. The van der Waals surface area contributed by atoms with Crippen molar-refractivity contribution in [1.29, 1.82) is 0 Å². The Morgan fingerprint density at radius 2 is 2.17 bits per heavy atom. The summed E-state index contributed by atoms with van der Waals surface area (Å²) < 4.78 is 13.7. The molecule has 0 spiro atoms. The third kappa shape index (κ3) is 2.86. The van der Waals surface area contributed by atoms with Gasteiger partial charge in [-0.05, 0) is 36.6 Å². The maximum Gasteiger partial charge on any atom is 0.127 e. The molecule has 2 nitrogen and oxygen atoms in total. The first-order valence-corrected chi connectivity index (χ1v) is 6.05. The number of nitrogens with zero attached hydrogens (tertiary/aromatic N) is 1. The summed E-state index contributed by atoms with van der Waals surface area (Å²) in [5.41, 5.74) is 8.43. The Bertz CT molecular complexity index is 537. The molecule has 0 aliphatic rings. The van der Waals surface area contributed by atoms with Crippen LogP contribution in [0, 0.1) is 12.7 Å². The van der Waals surface area contributed by atoms with Crippen LogP contribution in [-0.4, -0.2) is 4.98 Å². The topological polar surface area (TPSA) is 38.9 Å². The van der Waals surface area contributed by atoms with Crippen LogP contribution < -0.4 is 5.73 Å². The van der Waals surface area contributed by atoms with Gasteiger partial charge in [-0.1, -0.05) is 23.7 Å². The van der Waals surface area contributed by atoms with Gasteiger partial charge in [0.05, 0.1) is 0 Å². The first-order valence-electron chi connectivity index (χ1n) is 5.68. The van der Waals surface area contributed by atoms with Crippen LogP contribution in [0.15, 0.2) is 36.7 Å². The molecule has 2 N–H and O–H groups in total. The predicted octanol–water partition coefficient (Wildman–Crippen LogP) is 3.43. The first kappa shape index (κ1) is 13.0. The molecular formula is C14H14ClFN2. The summed E-state index contributed by atoms with van der Waals surface area (Å²) >= 11 is 5.98. The number of hydrogen-bond acceptors (Lipinski definition) is 2. The van der Waals surface area contributed by atoms with Gasteiger partial charge in [0.2, 0.25) is 0 Å². The zero-order chi connectivity index (χ0) is 13.1. The highest BCUT2D eigenvalue weighted by atomic mass is 35.5. The Morgan fingerprint density at radius 3 is 2.83 bits per heavy atom. The lowest BCUT2D eigenvalue weighted by Crippen LogP contribution is -2.15. The maximum absolute atomic E-state index is 13.7. The molecule has 0 bridgehead atoms. The Hall–Kier alpha value is -1.45. The van der Waals surface area contributed by atoms with E-state index in [-0.39, 0.29) is 11.9 Å². The Morgan fingerprint density at radius 1 is 1.39 bits per heavy atom. The lowest BCUT2D eigenvalue weighted by atomic mass is 10.00. The fraction of sp³-hybridized carbons (Fsp3) is 0.214. The molecule has 94 valence electrons. The number of benzene rings is 1. The van der Waals surface area contributed by atoms with Gasteiger partial charge in [0.25, 0.3) is 0 Å². The fourth-order valence-electron chi connectivity index (χ4n) is 1.85. The summed E-state index contributed by atoms with van der Waals surface area (Å²) in [7, 11) is 0. The van der Waals surface area contributed by atoms with E-state index in [4.69, 9.17) is 17.3 Å². The van der Waals surface area contributed by atoms with Crippen LogP contribution in [0.1, 0.15) is 22.7 Å². The van der Waals surface area contributed by atoms with E-state index in [1.807, 2.05) is 13.0 Å². The van der Waals surface area contributed by atoms with Gasteiger partial charge >= 0.3 is 0 Å². The number of rotatable bonds is 3. The van der Waals surface area contributed by atoms with E-state index in [2.05, 4.69) is 4.98 Å². The van der Waals surface area contributed by atoms with Gasteiger partial charge in [0, 0.05) is 29.0 Å². The first-order chi connectivity index (χ1) is 8.58. The van der Waals surface area contributed by atoms with Crippen LogP contribution in [0.2, 0.25) is 5.02 Å². The summed E-state index contributed by atoms with van der Waals surface area (Å²) in [6.07, 6.45) is 3.81. The van der Waals surface area contributed by atoms with Gasteiger partial charge < -0.3 is 5.73 Å². The Kier molecular flexibility index (Phi) is 3.94. The summed E-state index contributed by atoms with van der Waals surface area (Å²) in [4.78, 5) is 4.09. The molecule has 0 radical (unpaired) electrons. The van der Waals surface area contributed by atoms with Crippen molar-refractivity contribution in [2.45, 2.75) is 19.4 Å². The molecule has 2 rings (SSSR count). The highest BCUT2D eigenvalue weighted by Gasteiger charge is 2.13. The minimum Gasteiger partial charge on any atom is -0.324 e. The van der Waals surface area contributed by atoms with E-state index < -0.39 is 0 Å². The molecule has 0 aliphatic carbocycles. The molecule has 0 saturated heterocycles. The summed E-state index contributed by atoms with van der Waals surface area (Å²) in [5, 5.41) is 0.408. The molecule has 0 saturated carbocycles. The number of aromatic nitrogens is 1. The number of halogens is 2. The molecule has 1 atom stereocenters. The summed E-state index contributed by atoms with van der Waals surface area (Å²) in [5.74, 6) is -0.321.